The third kappa shape index (κ3) is 4.90. The van der Waals surface area contributed by atoms with Gasteiger partial charge in [0.25, 0.3) is 0 Å². The van der Waals surface area contributed by atoms with Gasteiger partial charge < -0.3 is 5.32 Å². The molecular formula is C14H26N2S2. The first-order chi connectivity index (χ1) is 8.58. The van der Waals surface area contributed by atoms with Crippen LogP contribution >= 0.6 is 23.1 Å². The average molecular weight is 287 g/mol. The highest BCUT2D eigenvalue weighted by atomic mass is 32.2. The normalized spacial score (nSPS) is 13.2. The zero-order chi connectivity index (χ0) is 13.5. The van der Waals surface area contributed by atoms with Crippen molar-refractivity contribution >= 4 is 23.1 Å². The van der Waals surface area contributed by atoms with Crippen molar-refractivity contribution in [2.45, 2.75) is 59.5 Å². The molecule has 0 radical (unpaired) electrons. The van der Waals surface area contributed by atoms with Crippen molar-refractivity contribution in [2.24, 2.45) is 0 Å². The maximum Gasteiger partial charge on any atom is 0.110 e. The minimum Gasteiger partial charge on any atom is -0.306 e. The number of hydrogen-bond acceptors (Lipinski definition) is 4. The van der Waals surface area contributed by atoms with Gasteiger partial charge in [-0.1, -0.05) is 27.7 Å². The molecule has 0 saturated heterocycles. The molecule has 0 bridgehead atoms. The Labute approximate surface area is 120 Å². The molecule has 1 N–H and O–H groups in total. The van der Waals surface area contributed by atoms with Crippen molar-refractivity contribution in [3.05, 3.63) is 15.6 Å². The second-order valence-electron chi connectivity index (χ2n) is 4.77. The number of thioether (sulfide) groups is 1. The Morgan fingerprint density at radius 2 is 2.06 bits per heavy atom. The summed E-state index contributed by atoms with van der Waals surface area (Å²) in [5.74, 6) is 2.41. The summed E-state index contributed by atoms with van der Waals surface area (Å²) in [6.45, 7) is 11.0. The Bertz CT molecular complexity index is 348. The van der Waals surface area contributed by atoms with Crippen LogP contribution in [0, 0.1) is 6.92 Å². The first kappa shape index (κ1) is 16.0. The molecule has 1 atom stereocenters. The smallest absolute Gasteiger partial charge is 0.110 e. The molecule has 4 heteroatoms. The van der Waals surface area contributed by atoms with E-state index in [1.165, 1.54) is 33.5 Å². The maximum absolute atomic E-state index is 4.81. The number of rotatable bonds is 8. The van der Waals surface area contributed by atoms with Gasteiger partial charge in [0.1, 0.15) is 5.01 Å². The van der Waals surface area contributed by atoms with E-state index in [9.17, 15) is 0 Å². The molecule has 0 amide bonds. The van der Waals surface area contributed by atoms with Crippen LogP contribution in [0.4, 0.5) is 0 Å². The monoisotopic (exact) mass is 286 g/mol. The van der Waals surface area contributed by atoms with E-state index in [2.05, 4.69) is 39.9 Å². The summed E-state index contributed by atoms with van der Waals surface area (Å²) in [4.78, 5) is 6.19. The molecule has 0 aliphatic carbocycles. The van der Waals surface area contributed by atoms with E-state index in [1.54, 1.807) is 0 Å². The summed E-state index contributed by atoms with van der Waals surface area (Å²) in [5.41, 5.74) is 1.27. The predicted octanol–water partition coefficient (Wildman–Crippen LogP) is 4.20. The van der Waals surface area contributed by atoms with Crippen LogP contribution in [0.5, 0.6) is 0 Å². The molecule has 1 rings (SSSR count). The van der Waals surface area contributed by atoms with E-state index < -0.39 is 0 Å². The third-order valence-corrected chi connectivity index (χ3v) is 4.89. The van der Waals surface area contributed by atoms with Crippen LogP contribution in [0.2, 0.25) is 0 Å². The molecule has 1 aromatic heterocycles. The zero-order valence-corrected chi connectivity index (χ0v) is 13.9. The fourth-order valence-corrected chi connectivity index (χ4v) is 3.75. The van der Waals surface area contributed by atoms with E-state index in [0.717, 1.165) is 6.42 Å². The molecule has 1 heterocycles. The lowest BCUT2D eigenvalue weighted by Crippen LogP contribution is -2.28. The van der Waals surface area contributed by atoms with Gasteiger partial charge in [-0.2, -0.15) is 11.8 Å². The Balaban J connectivity index is 2.73. The second kappa shape index (κ2) is 8.18. The van der Waals surface area contributed by atoms with Gasteiger partial charge in [-0.05, 0) is 31.3 Å². The molecule has 0 fully saturated rings. The van der Waals surface area contributed by atoms with Crippen molar-refractivity contribution in [1.82, 2.24) is 10.3 Å². The van der Waals surface area contributed by atoms with Crippen molar-refractivity contribution in [3.63, 3.8) is 0 Å². The Morgan fingerprint density at radius 1 is 1.33 bits per heavy atom. The number of aromatic nitrogens is 1. The number of aryl methyl sites for hydroxylation is 2. The molecule has 0 spiro atoms. The number of hydrogen-bond donors (Lipinski definition) is 1. The number of nitrogens with one attached hydrogen (secondary N) is 1. The summed E-state index contributed by atoms with van der Waals surface area (Å²) in [5, 5.41) is 4.93. The molecule has 18 heavy (non-hydrogen) atoms. The minimum atomic E-state index is 0.424. The highest BCUT2D eigenvalue weighted by Gasteiger charge is 2.17. The minimum absolute atomic E-state index is 0.424. The summed E-state index contributed by atoms with van der Waals surface area (Å²) in [6, 6.07) is 0.934. The molecule has 0 aromatic carbocycles. The van der Waals surface area contributed by atoms with Crippen LogP contribution in [0.25, 0.3) is 0 Å². The van der Waals surface area contributed by atoms with Gasteiger partial charge in [0.15, 0.2) is 0 Å². The van der Waals surface area contributed by atoms with Crippen LogP contribution in [0.1, 0.15) is 55.7 Å². The molecule has 2 nitrogen and oxygen atoms in total. The average Bonchev–Trinajstić information content (AvgIpc) is 2.69. The predicted molar refractivity (Wildman–Crippen MR) is 84.9 cm³/mol. The van der Waals surface area contributed by atoms with Crippen LogP contribution in [-0.4, -0.2) is 22.5 Å². The second-order valence-corrected chi connectivity index (χ2v) is 7.40. The Morgan fingerprint density at radius 3 is 2.56 bits per heavy atom. The lowest BCUT2D eigenvalue weighted by molar-refractivity contribution is 0.466. The lowest BCUT2D eigenvalue weighted by atomic mass is 10.2. The quantitative estimate of drug-likeness (QED) is 0.725. The van der Waals surface area contributed by atoms with Crippen molar-refractivity contribution in [2.75, 3.05) is 11.5 Å². The SMILES string of the molecule is CCSCCC(NC(C)C)c1nc(CC)c(C)s1. The van der Waals surface area contributed by atoms with Crippen molar-refractivity contribution in [1.29, 1.82) is 0 Å². The molecule has 0 aliphatic rings. The largest absolute Gasteiger partial charge is 0.306 e. The van der Waals surface area contributed by atoms with Crippen LogP contribution in [0.3, 0.4) is 0 Å². The molecule has 1 aromatic rings. The van der Waals surface area contributed by atoms with Gasteiger partial charge in [0.05, 0.1) is 11.7 Å². The standard InChI is InChI=1S/C14H26N2S2/c1-6-12-11(5)18-14(16-12)13(15-10(3)4)8-9-17-7-2/h10,13,15H,6-9H2,1-5H3. The first-order valence-electron chi connectivity index (χ1n) is 6.88. The molecule has 0 aliphatic heterocycles. The number of thiazole rings is 1. The van der Waals surface area contributed by atoms with Gasteiger partial charge in [0, 0.05) is 10.9 Å². The van der Waals surface area contributed by atoms with E-state index in [4.69, 9.17) is 4.98 Å². The van der Waals surface area contributed by atoms with Gasteiger partial charge >= 0.3 is 0 Å². The molecule has 1 unspecified atom stereocenters. The highest BCUT2D eigenvalue weighted by molar-refractivity contribution is 7.99. The fraction of sp³-hybridized carbons (Fsp3) is 0.786. The topological polar surface area (TPSA) is 24.9 Å². The van der Waals surface area contributed by atoms with E-state index in [1.807, 2.05) is 23.1 Å². The van der Waals surface area contributed by atoms with E-state index in [0.29, 0.717) is 12.1 Å². The molecule has 104 valence electrons. The van der Waals surface area contributed by atoms with Crippen LogP contribution in [-0.2, 0) is 6.42 Å². The van der Waals surface area contributed by atoms with Crippen molar-refractivity contribution < 1.29 is 0 Å². The summed E-state index contributed by atoms with van der Waals surface area (Å²) in [7, 11) is 0. The third-order valence-electron chi connectivity index (χ3n) is 2.83. The van der Waals surface area contributed by atoms with E-state index >= 15 is 0 Å². The van der Waals surface area contributed by atoms with Crippen molar-refractivity contribution in [3.8, 4) is 0 Å². The summed E-state index contributed by atoms with van der Waals surface area (Å²) < 4.78 is 0. The van der Waals surface area contributed by atoms with Gasteiger partial charge in [-0.25, -0.2) is 4.98 Å². The van der Waals surface area contributed by atoms with E-state index in [-0.39, 0.29) is 0 Å². The Hall–Kier alpha value is -0.0600. The highest BCUT2D eigenvalue weighted by Crippen LogP contribution is 2.27. The Kier molecular flexibility index (Phi) is 7.27. The van der Waals surface area contributed by atoms with Crippen LogP contribution < -0.4 is 5.32 Å². The summed E-state index contributed by atoms with van der Waals surface area (Å²) in [6.07, 6.45) is 2.22. The molecule has 0 saturated carbocycles. The lowest BCUT2D eigenvalue weighted by Gasteiger charge is -2.19. The van der Waals surface area contributed by atoms with Gasteiger partial charge in [-0.15, -0.1) is 11.3 Å². The number of nitrogens with zero attached hydrogens (tertiary/aromatic N) is 1. The fourth-order valence-electron chi connectivity index (χ4n) is 1.95. The van der Waals surface area contributed by atoms with Gasteiger partial charge in [0.2, 0.25) is 0 Å². The van der Waals surface area contributed by atoms with Gasteiger partial charge in [-0.3, -0.25) is 0 Å². The first-order valence-corrected chi connectivity index (χ1v) is 8.85. The zero-order valence-electron chi connectivity index (χ0n) is 12.2. The maximum atomic E-state index is 4.81. The molecular weight excluding hydrogens is 260 g/mol. The summed E-state index contributed by atoms with van der Waals surface area (Å²) >= 11 is 3.88. The van der Waals surface area contributed by atoms with Crippen LogP contribution in [0.15, 0.2) is 0 Å².